The van der Waals surface area contributed by atoms with E-state index >= 15 is 0 Å². The normalized spacial score (nSPS) is 10.4. The third-order valence-corrected chi connectivity index (χ3v) is 3.63. The van der Waals surface area contributed by atoms with Crippen LogP contribution in [-0.2, 0) is 36.6 Å². The molecule has 0 saturated carbocycles. The zero-order valence-electron chi connectivity index (χ0n) is 13.3. The molecule has 5 heteroatoms. The van der Waals surface area contributed by atoms with Crippen LogP contribution in [0.1, 0.15) is 17.1 Å². The maximum absolute atomic E-state index is 4.44. The molecule has 3 heterocycles. The fourth-order valence-corrected chi connectivity index (χ4v) is 2.47. The minimum atomic E-state index is 0. The summed E-state index contributed by atoms with van der Waals surface area (Å²) in [6, 6.07) is 18.1. The molecule has 0 aliphatic rings. The molecule has 0 atom stereocenters. The van der Waals surface area contributed by atoms with Crippen LogP contribution < -0.4 is 0 Å². The summed E-state index contributed by atoms with van der Waals surface area (Å²) < 4.78 is 0. The number of aromatic nitrogens is 3. The van der Waals surface area contributed by atoms with Crippen LogP contribution in [0.25, 0.3) is 0 Å². The van der Waals surface area contributed by atoms with Gasteiger partial charge in [0.15, 0.2) is 0 Å². The Balaban J connectivity index is 0.00000208. The second kappa shape index (κ2) is 9.93. The standard InChI is InChI=1S/C19H20N4.Cu/c1-4-11-20-17(7-1)10-14-23(15-18-8-2-5-12-21-18)16-19-9-3-6-13-22-19;/h1-9,11-13H,10,14-16H2;. The Morgan fingerprint density at radius 1 is 0.625 bits per heavy atom. The summed E-state index contributed by atoms with van der Waals surface area (Å²) in [5, 5.41) is 0. The van der Waals surface area contributed by atoms with Gasteiger partial charge in [-0.1, -0.05) is 18.2 Å². The molecule has 3 aromatic heterocycles. The number of hydrogen-bond acceptors (Lipinski definition) is 4. The van der Waals surface area contributed by atoms with Gasteiger partial charge in [-0.2, -0.15) is 0 Å². The van der Waals surface area contributed by atoms with E-state index in [0.717, 1.165) is 43.1 Å². The van der Waals surface area contributed by atoms with Gasteiger partial charge in [0, 0.05) is 67.4 Å². The van der Waals surface area contributed by atoms with Gasteiger partial charge in [0.25, 0.3) is 0 Å². The summed E-state index contributed by atoms with van der Waals surface area (Å²) in [5.41, 5.74) is 3.26. The Morgan fingerprint density at radius 2 is 1.08 bits per heavy atom. The average molecular weight is 368 g/mol. The third-order valence-electron chi connectivity index (χ3n) is 3.63. The Morgan fingerprint density at radius 3 is 1.50 bits per heavy atom. The first kappa shape index (κ1) is 18.3. The van der Waals surface area contributed by atoms with Gasteiger partial charge in [0.1, 0.15) is 0 Å². The molecule has 1 radical (unpaired) electrons. The average Bonchev–Trinajstić information content (AvgIpc) is 2.62. The van der Waals surface area contributed by atoms with E-state index in [-0.39, 0.29) is 17.1 Å². The number of hydrogen-bond donors (Lipinski definition) is 0. The van der Waals surface area contributed by atoms with E-state index in [2.05, 4.69) is 38.1 Å². The van der Waals surface area contributed by atoms with Gasteiger partial charge in [-0.25, -0.2) is 0 Å². The largest absolute Gasteiger partial charge is 0.291 e. The molecular formula is C19H20CuN4. The van der Waals surface area contributed by atoms with Gasteiger partial charge in [0.2, 0.25) is 0 Å². The molecule has 0 aromatic carbocycles. The fourth-order valence-electron chi connectivity index (χ4n) is 2.47. The number of rotatable bonds is 7. The smallest absolute Gasteiger partial charge is 0.0544 e. The number of pyridine rings is 3. The predicted molar refractivity (Wildman–Crippen MR) is 90.5 cm³/mol. The summed E-state index contributed by atoms with van der Waals surface area (Å²) in [6.45, 7) is 2.54. The van der Waals surface area contributed by atoms with Gasteiger partial charge in [-0.3, -0.25) is 19.9 Å². The van der Waals surface area contributed by atoms with Crippen LogP contribution in [0.15, 0.2) is 73.2 Å². The minimum Gasteiger partial charge on any atom is -0.291 e. The van der Waals surface area contributed by atoms with Crippen molar-refractivity contribution in [2.45, 2.75) is 19.5 Å². The van der Waals surface area contributed by atoms with Gasteiger partial charge in [0.05, 0.1) is 11.4 Å². The molecule has 3 rings (SSSR count). The van der Waals surface area contributed by atoms with E-state index in [1.807, 2.05) is 55.0 Å². The SMILES string of the molecule is [Cu].c1ccc(CCN(Cc2ccccn2)Cc2ccccn2)nc1. The molecule has 4 nitrogen and oxygen atoms in total. The van der Waals surface area contributed by atoms with Crippen LogP contribution in [-0.4, -0.2) is 26.4 Å². The zero-order valence-corrected chi connectivity index (χ0v) is 14.3. The second-order valence-electron chi connectivity index (χ2n) is 5.42. The Hall–Kier alpha value is -2.07. The van der Waals surface area contributed by atoms with Gasteiger partial charge in [-0.15, -0.1) is 0 Å². The number of nitrogens with zero attached hydrogens (tertiary/aromatic N) is 4. The van der Waals surface area contributed by atoms with Crippen molar-refractivity contribution in [3.63, 3.8) is 0 Å². The molecule has 0 fully saturated rings. The second-order valence-corrected chi connectivity index (χ2v) is 5.42. The summed E-state index contributed by atoms with van der Waals surface area (Å²) in [5.74, 6) is 0. The van der Waals surface area contributed by atoms with Crippen molar-refractivity contribution in [3.8, 4) is 0 Å². The molecule has 127 valence electrons. The van der Waals surface area contributed by atoms with Crippen molar-refractivity contribution in [1.82, 2.24) is 19.9 Å². The van der Waals surface area contributed by atoms with E-state index in [1.54, 1.807) is 0 Å². The van der Waals surface area contributed by atoms with Crippen molar-refractivity contribution in [2.24, 2.45) is 0 Å². The molecule has 0 saturated heterocycles. The quantitative estimate of drug-likeness (QED) is 0.602. The van der Waals surface area contributed by atoms with E-state index in [9.17, 15) is 0 Å². The van der Waals surface area contributed by atoms with Crippen molar-refractivity contribution >= 4 is 0 Å². The minimum absolute atomic E-state index is 0. The van der Waals surface area contributed by atoms with Crippen LogP contribution in [0.3, 0.4) is 0 Å². The van der Waals surface area contributed by atoms with Crippen molar-refractivity contribution < 1.29 is 17.1 Å². The first-order valence-electron chi connectivity index (χ1n) is 7.82. The van der Waals surface area contributed by atoms with Crippen molar-refractivity contribution in [3.05, 3.63) is 90.3 Å². The molecule has 3 aromatic rings. The van der Waals surface area contributed by atoms with E-state index < -0.39 is 0 Å². The Bertz CT molecular complexity index is 651. The monoisotopic (exact) mass is 367 g/mol. The van der Waals surface area contributed by atoms with Crippen LogP contribution in [0.4, 0.5) is 0 Å². The van der Waals surface area contributed by atoms with Gasteiger partial charge >= 0.3 is 0 Å². The van der Waals surface area contributed by atoms with Gasteiger partial charge < -0.3 is 0 Å². The molecule has 24 heavy (non-hydrogen) atoms. The molecule has 0 unspecified atom stereocenters. The maximum Gasteiger partial charge on any atom is 0.0544 e. The summed E-state index contributed by atoms with van der Waals surface area (Å²) in [6.07, 6.45) is 6.44. The van der Waals surface area contributed by atoms with Crippen LogP contribution in [0, 0.1) is 0 Å². The van der Waals surface area contributed by atoms with Crippen LogP contribution in [0.2, 0.25) is 0 Å². The molecule has 0 aliphatic carbocycles. The van der Waals surface area contributed by atoms with E-state index in [4.69, 9.17) is 0 Å². The molecule has 0 N–H and O–H groups in total. The third kappa shape index (κ3) is 5.85. The molecule has 0 spiro atoms. The zero-order chi connectivity index (χ0) is 15.7. The molecule has 0 amide bonds. The molecule has 0 bridgehead atoms. The first-order valence-corrected chi connectivity index (χ1v) is 7.82. The van der Waals surface area contributed by atoms with Crippen LogP contribution in [0.5, 0.6) is 0 Å². The maximum atomic E-state index is 4.44. The predicted octanol–water partition coefficient (Wildman–Crippen LogP) is 3.11. The Kier molecular flexibility index (Phi) is 7.56. The Labute approximate surface area is 153 Å². The van der Waals surface area contributed by atoms with Gasteiger partial charge in [-0.05, 0) is 36.4 Å². The van der Waals surface area contributed by atoms with E-state index in [0.29, 0.717) is 0 Å². The van der Waals surface area contributed by atoms with Crippen LogP contribution >= 0.6 is 0 Å². The van der Waals surface area contributed by atoms with Crippen molar-refractivity contribution in [1.29, 1.82) is 0 Å². The topological polar surface area (TPSA) is 41.9 Å². The summed E-state index contributed by atoms with van der Waals surface area (Å²) in [4.78, 5) is 15.6. The van der Waals surface area contributed by atoms with Crippen molar-refractivity contribution in [2.75, 3.05) is 6.54 Å². The summed E-state index contributed by atoms with van der Waals surface area (Å²) in [7, 11) is 0. The van der Waals surface area contributed by atoms with E-state index in [1.165, 1.54) is 0 Å². The summed E-state index contributed by atoms with van der Waals surface area (Å²) >= 11 is 0. The fraction of sp³-hybridized carbons (Fsp3) is 0.211. The molecular weight excluding hydrogens is 348 g/mol. The first-order chi connectivity index (χ1) is 11.4. The molecule has 0 aliphatic heterocycles.